The summed E-state index contributed by atoms with van der Waals surface area (Å²) >= 11 is 0. The van der Waals surface area contributed by atoms with E-state index in [9.17, 15) is 13.2 Å². The van der Waals surface area contributed by atoms with E-state index in [0.29, 0.717) is 12.8 Å². The molecule has 4 rings (SSSR count). The largest absolute Gasteiger partial charge is 0.335 e. The molecule has 3 aliphatic heterocycles. The molecule has 1 amide bonds. The Balaban J connectivity index is 1.66. The molecule has 116 valence electrons. The average Bonchev–Trinajstić information content (AvgIpc) is 2.88. The van der Waals surface area contributed by atoms with Crippen molar-refractivity contribution in [3.8, 4) is 0 Å². The first-order valence-electron chi connectivity index (χ1n) is 7.83. The molecule has 0 N–H and O–H groups in total. The van der Waals surface area contributed by atoms with E-state index < -0.39 is 14.6 Å². The third-order valence-electron chi connectivity index (χ3n) is 5.87. The van der Waals surface area contributed by atoms with E-state index in [2.05, 4.69) is 10.2 Å². The highest BCUT2D eigenvalue weighted by molar-refractivity contribution is 7.92. The molecule has 4 aliphatic rings. The Morgan fingerprint density at radius 3 is 2.05 bits per heavy atom. The third kappa shape index (κ3) is 1.82. The van der Waals surface area contributed by atoms with Crippen molar-refractivity contribution >= 4 is 15.7 Å². The predicted octanol–water partition coefficient (Wildman–Crippen LogP) is 1.66. The summed E-state index contributed by atoms with van der Waals surface area (Å²) in [4.78, 5) is 15.1. The molecule has 3 fully saturated rings. The molecule has 2 saturated heterocycles. The summed E-state index contributed by atoms with van der Waals surface area (Å²) in [6.07, 6.45) is 7.36. The SMILES string of the molecule is CS(=O)(=O)C1(C(=O)N2C3CCC2CC2(C3)N=N2)CCCC1. The standard InChI is InChI=1S/C14H21N3O3S/c1-21(19,20)13(6-2-3-7-13)12(18)17-10-4-5-11(17)9-14(8-10)15-16-14/h10-11H,2-9H2,1H3. The van der Waals surface area contributed by atoms with Gasteiger partial charge >= 0.3 is 0 Å². The molecular formula is C14H21N3O3S. The van der Waals surface area contributed by atoms with Crippen molar-refractivity contribution in [3.63, 3.8) is 0 Å². The van der Waals surface area contributed by atoms with Crippen molar-refractivity contribution in [1.82, 2.24) is 4.90 Å². The average molecular weight is 311 g/mol. The highest BCUT2D eigenvalue weighted by Gasteiger charge is 2.60. The Labute approximate surface area is 124 Å². The zero-order valence-electron chi connectivity index (χ0n) is 12.3. The fraction of sp³-hybridized carbons (Fsp3) is 0.929. The Morgan fingerprint density at radius 1 is 1.10 bits per heavy atom. The van der Waals surface area contributed by atoms with Crippen molar-refractivity contribution in [2.75, 3.05) is 6.26 Å². The first-order valence-corrected chi connectivity index (χ1v) is 9.73. The van der Waals surface area contributed by atoms with Crippen LogP contribution < -0.4 is 0 Å². The second-order valence-electron chi connectivity index (χ2n) is 7.16. The maximum Gasteiger partial charge on any atom is 0.244 e. The topological polar surface area (TPSA) is 79.2 Å². The number of hydrogen-bond donors (Lipinski definition) is 0. The molecule has 1 spiro atoms. The Morgan fingerprint density at radius 2 is 1.62 bits per heavy atom. The molecule has 3 heterocycles. The summed E-state index contributed by atoms with van der Waals surface area (Å²) in [5, 5.41) is 8.32. The van der Waals surface area contributed by atoms with Crippen LogP contribution in [0.1, 0.15) is 51.4 Å². The molecule has 6 nitrogen and oxygen atoms in total. The second-order valence-corrected chi connectivity index (χ2v) is 9.49. The van der Waals surface area contributed by atoms with E-state index in [0.717, 1.165) is 38.5 Å². The Kier molecular flexibility index (Phi) is 2.64. The first-order chi connectivity index (χ1) is 9.87. The molecule has 2 bridgehead atoms. The number of sulfone groups is 1. The van der Waals surface area contributed by atoms with Crippen molar-refractivity contribution in [2.45, 2.75) is 73.9 Å². The van der Waals surface area contributed by atoms with Gasteiger partial charge in [-0.25, -0.2) is 8.42 Å². The molecule has 21 heavy (non-hydrogen) atoms. The number of hydrogen-bond acceptors (Lipinski definition) is 5. The van der Waals surface area contributed by atoms with Gasteiger partial charge in [0.1, 0.15) is 0 Å². The predicted molar refractivity (Wildman–Crippen MR) is 76.5 cm³/mol. The van der Waals surface area contributed by atoms with Gasteiger partial charge in [-0.3, -0.25) is 4.79 Å². The molecule has 0 aromatic heterocycles. The number of piperidine rings is 1. The fourth-order valence-corrected chi connectivity index (χ4v) is 6.14. The van der Waals surface area contributed by atoms with Crippen molar-refractivity contribution in [1.29, 1.82) is 0 Å². The van der Waals surface area contributed by atoms with Crippen LogP contribution in [0.5, 0.6) is 0 Å². The number of fused-ring (bicyclic) bond motifs is 2. The van der Waals surface area contributed by atoms with Gasteiger partial charge in [0.2, 0.25) is 5.91 Å². The molecule has 0 aromatic rings. The van der Waals surface area contributed by atoms with Crippen molar-refractivity contribution in [3.05, 3.63) is 0 Å². The minimum atomic E-state index is -3.38. The summed E-state index contributed by atoms with van der Waals surface area (Å²) in [6.45, 7) is 0. The highest BCUT2D eigenvalue weighted by Crippen LogP contribution is 2.51. The molecule has 2 atom stereocenters. The highest BCUT2D eigenvalue weighted by atomic mass is 32.2. The zero-order chi connectivity index (χ0) is 14.9. The number of carbonyl (C=O) groups is 1. The van der Waals surface area contributed by atoms with E-state index in [4.69, 9.17) is 0 Å². The Hall–Kier alpha value is -0.980. The molecular weight excluding hydrogens is 290 g/mol. The normalized spacial score (nSPS) is 35.4. The quantitative estimate of drug-likeness (QED) is 0.778. The van der Waals surface area contributed by atoms with Crippen LogP contribution in [0.4, 0.5) is 0 Å². The van der Waals surface area contributed by atoms with E-state index in [-0.39, 0.29) is 23.7 Å². The lowest BCUT2D eigenvalue weighted by molar-refractivity contribution is -0.138. The lowest BCUT2D eigenvalue weighted by Crippen LogP contribution is -2.58. The van der Waals surface area contributed by atoms with Gasteiger partial charge in [-0.1, -0.05) is 12.8 Å². The minimum absolute atomic E-state index is 0.130. The van der Waals surface area contributed by atoms with Crippen LogP contribution in [0.25, 0.3) is 0 Å². The Bertz CT molecular complexity index is 599. The molecule has 2 unspecified atom stereocenters. The van der Waals surface area contributed by atoms with Gasteiger partial charge in [0.15, 0.2) is 20.2 Å². The number of rotatable bonds is 2. The summed E-state index contributed by atoms with van der Waals surface area (Å²) in [5.41, 5.74) is -0.226. The van der Waals surface area contributed by atoms with E-state index >= 15 is 0 Å². The lowest BCUT2D eigenvalue weighted by atomic mass is 9.92. The minimum Gasteiger partial charge on any atom is -0.335 e. The van der Waals surface area contributed by atoms with E-state index in [1.807, 2.05) is 4.90 Å². The van der Waals surface area contributed by atoms with Crippen LogP contribution in [0, 0.1) is 0 Å². The van der Waals surface area contributed by atoms with Gasteiger partial charge < -0.3 is 4.90 Å². The smallest absolute Gasteiger partial charge is 0.244 e. The van der Waals surface area contributed by atoms with Gasteiger partial charge in [0.05, 0.1) is 0 Å². The summed E-state index contributed by atoms with van der Waals surface area (Å²) < 4.78 is 23.5. The number of amides is 1. The molecule has 0 radical (unpaired) electrons. The summed E-state index contributed by atoms with van der Waals surface area (Å²) in [5.74, 6) is -0.134. The van der Waals surface area contributed by atoms with Gasteiger partial charge in [-0.2, -0.15) is 10.2 Å². The molecule has 7 heteroatoms. The molecule has 0 aromatic carbocycles. The van der Waals surface area contributed by atoms with Crippen molar-refractivity contribution < 1.29 is 13.2 Å². The second kappa shape index (κ2) is 4.06. The molecule has 1 aliphatic carbocycles. The zero-order valence-corrected chi connectivity index (χ0v) is 13.1. The van der Waals surface area contributed by atoms with Gasteiger partial charge in [0, 0.05) is 31.2 Å². The van der Waals surface area contributed by atoms with Gasteiger partial charge in [-0.05, 0) is 25.7 Å². The maximum absolute atomic E-state index is 13.1. The fourth-order valence-electron chi connectivity index (χ4n) is 4.69. The summed E-state index contributed by atoms with van der Waals surface area (Å²) in [6, 6.07) is 0.260. The molecule has 1 saturated carbocycles. The van der Waals surface area contributed by atoms with Crippen LogP contribution in [-0.2, 0) is 14.6 Å². The van der Waals surface area contributed by atoms with Crippen molar-refractivity contribution in [2.24, 2.45) is 10.2 Å². The van der Waals surface area contributed by atoms with E-state index in [1.165, 1.54) is 6.26 Å². The monoisotopic (exact) mass is 311 g/mol. The maximum atomic E-state index is 13.1. The van der Waals surface area contributed by atoms with Gasteiger partial charge in [-0.15, -0.1) is 0 Å². The van der Waals surface area contributed by atoms with Crippen LogP contribution >= 0.6 is 0 Å². The third-order valence-corrected chi connectivity index (χ3v) is 7.88. The van der Waals surface area contributed by atoms with Crippen LogP contribution in [-0.4, -0.2) is 48.0 Å². The van der Waals surface area contributed by atoms with Crippen LogP contribution in [0.15, 0.2) is 10.2 Å². The first kappa shape index (κ1) is 13.7. The van der Waals surface area contributed by atoms with Crippen LogP contribution in [0.3, 0.4) is 0 Å². The number of carbonyl (C=O) groups excluding carboxylic acids is 1. The van der Waals surface area contributed by atoms with Gasteiger partial charge in [0.25, 0.3) is 0 Å². The van der Waals surface area contributed by atoms with Crippen LogP contribution in [0.2, 0.25) is 0 Å². The summed E-state index contributed by atoms with van der Waals surface area (Å²) in [7, 11) is -3.38. The lowest BCUT2D eigenvalue weighted by Gasteiger charge is -2.41. The van der Waals surface area contributed by atoms with E-state index in [1.54, 1.807) is 0 Å². The number of nitrogens with zero attached hydrogens (tertiary/aromatic N) is 3.